The van der Waals surface area contributed by atoms with Crippen LogP contribution in [0.1, 0.15) is 0 Å². The van der Waals surface area contributed by atoms with Crippen LogP contribution in [0.5, 0.6) is 0 Å². The van der Waals surface area contributed by atoms with Gasteiger partial charge in [0.15, 0.2) is 5.82 Å². The summed E-state index contributed by atoms with van der Waals surface area (Å²) in [5, 5.41) is 7.27. The SMILES string of the molecule is c1ccc(-c2ccc3c4c5ccccc5ccc4n(-c4nc5ccccc5nc4-c4ccc5ccccc5c4)c3c2)cc1. The molecule has 0 saturated heterocycles. The van der Waals surface area contributed by atoms with Gasteiger partial charge in [0.25, 0.3) is 0 Å². The minimum atomic E-state index is 0.828. The lowest BCUT2D eigenvalue weighted by Crippen LogP contribution is -2.03. The molecule has 2 aromatic heterocycles. The highest BCUT2D eigenvalue weighted by molar-refractivity contribution is 6.21. The van der Waals surface area contributed by atoms with Crippen molar-refractivity contribution in [2.24, 2.45) is 0 Å². The van der Waals surface area contributed by atoms with Crippen molar-refractivity contribution in [3.05, 3.63) is 152 Å². The monoisotopic (exact) mass is 547 g/mol. The summed E-state index contributed by atoms with van der Waals surface area (Å²) in [5.41, 5.74) is 8.24. The van der Waals surface area contributed by atoms with E-state index in [9.17, 15) is 0 Å². The van der Waals surface area contributed by atoms with Gasteiger partial charge in [0, 0.05) is 16.3 Å². The first-order valence-corrected chi connectivity index (χ1v) is 14.6. The number of hydrogen-bond donors (Lipinski definition) is 0. The Hall–Kier alpha value is -5.80. The van der Waals surface area contributed by atoms with Crippen LogP contribution >= 0.6 is 0 Å². The maximum Gasteiger partial charge on any atom is 0.165 e. The van der Waals surface area contributed by atoms with Gasteiger partial charge in [-0.3, -0.25) is 4.57 Å². The normalized spacial score (nSPS) is 11.7. The van der Waals surface area contributed by atoms with Crippen molar-refractivity contribution in [3.63, 3.8) is 0 Å². The summed E-state index contributed by atoms with van der Waals surface area (Å²) in [4.78, 5) is 10.6. The number of para-hydroxylation sites is 2. The van der Waals surface area contributed by atoms with Crippen LogP contribution in [0, 0.1) is 0 Å². The molecule has 7 aromatic carbocycles. The zero-order valence-corrected chi connectivity index (χ0v) is 23.3. The van der Waals surface area contributed by atoms with Gasteiger partial charge in [-0.2, -0.15) is 0 Å². The van der Waals surface area contributed by atoms with Crippen molar-refractivity contribution in [2.45, 2.75) is 0 Å². The molecule has 3 heteroatoms. The molecule has 2 heterocycles. The molecule has 0 bridgehead atoms. The molecular weight excluding hydrogens is 522 g/mol. The molecule has 0 aliphatic carbocycles. The van der Waals surface area contributed by atoms with Gasteiger partial charge in [-0.1, -0.05) is 121 Å². The quantitative estimate of drug-likeness (QED) is 0.220. The fraction of sp³-hybridized carbons (Fsp3) is 0. The number of aromatic nitrogens is 3. The van der Waals surface area contributed by atoms with Crippen molar-refractivity contribution < 1.29 is 0 Å². The second-order valence-corrected chi connectivity index (χ2v) is 11.1. The van der Waals surface area contributed by atoms with Gasteiger partial charge in [0.05, 0.1) is 22.1 Å². The lowest BCUT2D eigenvalue weighted by molar-refractivity contribution is 1.08. The first-order chi connectivity index (χ1) is 21.3. The zero-order valence-electron chi connectivity index (χ0n) is 23.3. The van der Waals surface area contributed by atoms with Gasteiger partial charge in [-0.25, -0.2) is 9.97 Å². The maximum absolute atomic E-state index is 5.36. The summed E-state index contributed by atoms with van der Waals surface area (Å²) in [5.74, 6) is 0.828. The Morgan fingerprint density at radius 1 is 0.395 bits per heavy atom. The molecule has 0 saturated carbocycles. The molecule has 9 aromatic rings. The molecule has 0 unspecified atom stereocenters. The van der Waals surface area contributed by atoms with Crippen LogP contribution < -0.4 is 0 Å². The predicted octanol–water partition coefficient (Wildman–Crippen LogP) is 10.4. The predicted molar refractivity (Wildman–Crippen MR) is 180 cm³/mol. The topological polar surface area (TPSA) is 30.7 Å². The molecule has 0 amide bonds. The fourth-order valence-corrected chi connectivity index (χ4v) is 6.50. The lowest BCUT2D eigenvalue weighted by atomic mass is 10.0. The molecule has 9 rings (SSSR count). The van der Waals surface area contributed by atoms with E-state index in [-0.39, 0.29) is 0 Å². The highest BCUT2D eigenvalue weighted by Gasteiger charge is 2.21. The fourth-order valence-electron chi connectivity index (χ4n) is 6.50. The van der Waals surface area contributed by atoms with E-state index in [4.69, 9.17) is 9.97 Å². The zero-order chi connectivity index (χ0) is 28.3. The largest absolute Gasteiger partial charge is 0.292 e. The first kappa shape index (κ1) is 23.9. The van der Waals surface area contributed by atoms with Gasteiger partial charge in [-0.05, 0) is 63.0 Å². The minimum absolute atomic E-state index is 0.828. The van der Waals surface area contributed by atoms with E-state index in [1.54, 1.807) is 0 Å². The van der Waals surface area contributed by atoms with Crippen LogP contribution in [0.2, 0.25) is 0 Å². The highest BCUT2D eigenvalue weighted by atomic mass is 15.1. The van der Waals surface area contributed by atoms with Crippen LogP contribution in [-0.2, 0) is 0 Å². The smallest absolute Gasteiger partial charge is 0.165 e. The van der Waals surface area contributed by atoms with Crippen molar-refractivity contribution in [3.8, 4) is 28.2 Å². The van der Waals surface area contributed by atoms with E-state index in [1.165, 1.54) is 43.4 Å². The second-order valence-electron chi connectivity index (χ2n) is 11.1. The van der Waals surface area contributed by atoms with Crippen LogP contribution in [-0.4, -0.2) is 14.5 Å². The van der Waals surface area contributed by atoms with Crippen molar-refractivity contribution in [1.82, 2.24) is 14.5 Å². The first-order valence-electron chi connectivity index (χ1n) is 14.6. The summed E-state index contributed by atoms with van der Waals surface area (Å²) in [6.07, 6.45) is 0. The van der Waals surface area contributed by atoms with E-state index in [1.807, 2.05) is 18.2 Å². The van der Waals surface area contributed by atoms with Gasteiger partial charge in [-0.15, -0.1) is 0 Å². The second kappa shape index (κ2) is 9.37. The minimum Gasteiger partial charge on any atom is -0.292 e. The Kier molecular flexibility index (Phi) is 5.20. The Bertz CT molecular complexity index is 2510. The van der Waals surface area contributed by atoms with Crippen molar-refractivity contribution >= 4 is 54.4 Å². The van der Waals surface area contributed by atoms with Crippen LogP contribution in [0.3, 0.4) is 0 Å². The van der Waals surface area contributed by atoms with E-state index in [2.05, 4.69) is 138 Å². The highest BCUT2D eigenvalue weighted by Crippen LogP contribution is 2.40. The Labute approximate surface area is 248 Å². The number of hydrogen-bond acceptors (Lipinski definition) is 2. The average Bonchev–Trinajstić information content (AvgIpc) is 3.42. The third kappa shape index (κ3) is 3.75. The number of fused-ring (bicyclic) bond motifs is 7. The molecule has 43 heavy (non-hydrogen) atoms. The molecule has 3 nitrogen and oxygen atoms in total. The molecule has 0 spiro atoms. The van der Waals surface area contributed by atoms with Gasteiger partial charge in [0.2, 0.25) is 0 Å². The Balaban J connectivity index is 1.44. The molecule has 0 aliphatic rings. The average molecular weight is 548 g/mol. The van der Waals surface area contributed by atoms with Crippen molar-refractivity contribution in [2.75, 3.05) is 0 Å². The summed E-state index contributed by atoms with van der Waals surface area (Å²) in [6.45, 7) is 0. The van der Waals surface area contributed by atoms with Crippen LogP contribution in [0.15, 0.2) is 152 Å². The number of rotatable bonds is 3. The molecule has 0 atom stereocenters. The third-order valence-corrected chi connectivity index (χ3v) is 8.55. The van der Waals surface area contributed by atoms with Gasteiger partial charge >= 0.3 is 0 Å². The van der Waals surface area contributed by atoms with Crippen molar-refractivity contribution in [1.29, 1.82) is 0 Å². The number of nitrogens with zero attached hydrogens (tertiary/aromatic N) is 3. The van der Waals surface area contributed by atoms with Crippen LogP contribution in [0.25, 0.3) is 82.6 Å². The summed E-state index contributed by atoms with van der Waals surface area (Å²) in [7, 11) is 0. The molecule has 0 aliphatic heterocycles. The number of benzene rings is 7. The Morgan fingerprint density at radius 2 is 1.07 bits per heavy atom. The summed E-state index contributed by atoms with van der Waals surface area (Å²) in [6, 6.07) is 53.7. The molecule has 0 fully saturated rings. The van der Waals surface area contributed by atoms with E-state index in [0.717, 1.165) is 39.1 Å². The molecular formula is C40H25N3. The lowest BCUT2D eigenvalue weighted by Gasteiger charge is -2.15. The maximum atomic E-state index is 5.36. The molecule has 200 valence electrons. The van der Waals surface area contributed by atoms with Crippen LogP contribution in [0.4, 0.5) is 0 Å². The molecule has 0 radical (unpaired) electrons. The third-order valence-electron chi connectivity index (χ3n) is 8.55. The summed E-state index contributed by atoms with van der Waals surface area (Å²) < 4.78 is 2.33. The standard InChI is InChI=1S/C40H25N3/c1-2-10-26(11-3-1)30-20-22-33-37(25-30)43(36-23-21-28-13-6-7-15-32(28)38(33)36)40-39(41-34-16-8-9-17-35(34)42-40)31-19-18-27-12-4-5-14-29(27)24-31/h1-25H. The molecule has 0 N–H and O–H groups in total. The van der Waals surface area contributed by atoms with E-state index >= 15 is 0 Å². The summed E-state index contributed by atoms with van der Waals surface area (Å²) >= 11 is 0. The van der Waals surface area contributed by atoms with Gasteiger partial charge in [0.1, 0.15) is 5.69 Å². The van der Waals surface area contributed by atoms with Gasteiger partial charge < -0.3 is 0 Å². The Morgan fingerprint density at radius 3 is 1.93 bits per heavy atom. The van der Waals surface area contributed by atoms with E-state index < -0.39 is 0 Å². The van der Waals surface area contributed by atoms with E-state index in [0.29, 0.717) is 0 Å².